The molecule has 0 saturated carbocycles. The molecule has 0 spiro atoms. The number of nitrogens with zero attached hydrogens (tertiary/aromatic N) is 1. The number of anilines is 1. The van der Waals surface area contributed by atoms with Gasteiger partial charge < -0.3 is 5.32 Å². The molecular formula is C16H12Cl3N3O2. The van der Waals surface area contributed by atoms with Crippen molar-refractivity contribution in [3.05, 3.63) is 63.1 Å². The highest BCUT2D eigenvalue weighted by Crippen LogP contribution is 2.19. The fraction of sp³-hybridized carbons (Fsp3) is 0.0625. The third-order valence-corrected chi connectivity index (χ3v) is 3.58. The molecule has 124 valence electrons. The highest BCUT2D eigenvalue weighted by atomic mass is 35.5. The Balaban J connectivity index is 1.84. The lowest BCUT2D eigenvalue weighted by molar-refractivity contribution is -0.126. The fourth-order valence-electron chi connectivity index (χ4n) is 1.74. The van der Waals surface area contributed by atoms with Crippen molar-refractivity contribution in [3.63, 3.8) is 0 Å². The van der Waals surface area contributed by atoms with Gasteiger partial charge in [-0.1, -0.05) is 46.9 Å². The van der Waals surface area contributed by atoms with E-state index in [9.17, 15) is 9.59 Å². The summed E-state index contributed by atoms with van der Waals surface area (Å²) in [7, 11) is 0. The molecule has 24 heavy (non-hydrogen) atoms. The zero-order valence-corrected chi connectivity index (χ0v) is 14.5. The maximum atomic E-state index is 11.8. The standard InChI is InChI=1S/C16H12Cl3N3O2/c17-11-2-1-3-13(6-11)21-15(23)8-16(24)22-20-9-10-4-5-12(18)7-14(10)19/h1-7,9H,8H2,(H,21,23)(H,22,24)/b20-9-. The molecular weight excluding hydrogens is 373 g/mol. The summed E-state index contributed by atoms with van der Waals surface area (Å²) >= 11 is 17.6. The van der Waals surface area contributed by atoms with Gasteiger partial charge in [-0.3, -0.25) is 9.59 Å². The monoisotopic (exact) mass is 383 g/mol. The van der Waals surface area contributed by atoms with Crippen LogP contribution >= 0.6 is 34.8 Å². The molecule has 8 heteroatoms. The molecule has 2 aromatic rings. The first kappa shape index (κ1) is 18.3. The van der Waals surface area contributed by atoms with Crippen molar-refractivity contribution < 1.29 is 9.59 Å². The predicted octanol–water partition coefficient (Wildman–Crippen LogP) is 4.13. The van der Waals surface area contributed by atoms with E-state index in [1.165, 1.54) is 6.21 Å². The minimum Gasteiger partial charge on any atom is -0.326 e. The molecule has 2 aromatic carbocycles. The SMILES string of the molecule is O=C(CC(=O)Nc1cccc(Cl)c1)N/N=C\c1ccc(Cl)cc1Cl. The molecule has 0 aliphatic carbocycles. The number of benzene rings is 2. The van der Waals surface area contributed by atoms with Crippen molar-refractivity contribution in [2.24, 2.45) is 5.10 Å². The third-order valence-electron chi connectivity index (χ3n) is 2.78. The summed E-state index contributed by atoms with van der Waals surface area (Å²) in [6, 6.07) is 11.5. The second-order valence-corrected chi connectivity index (χ2v) is 5.97. The van der Waals surface area contributed by atoms with Crippen molar-refractivity contribution in [2.75, 3.05) is 5.32 Å². The van der Waals surface area contributed by atoms with Gasteiger partial charge in [0.15, 0.2) is 0 Å². The minimum absolute atomic E-state index is 0.377. The molecule has 0 fully saturated rings. The Hall–Kier alpha value is -2.08. The predicted molar refractivity (Wildman–Crippen MR) is 96.9 cm³/mol. The lowest BCUT2D eigenvalue weighted by atomic mass is 10.2. The van der Waals surface area contributed by atoms with Crippen LogP contribution in [0.1, 0.15) is 12.0 Å². The number of hydrogen-bond donors (Lipinski definition) is 2. The van der Waals surface area contributed by atoms with Gasteiger partial charge in [0.25, 0.3) is 0 Å². The Kier molecular flexibility index (Phi) is 6.61. The van der Waals surface area contributed by atoms with E-state index in [1.807, 2.05) is 0 Å². The highest BCUT2D eigenvalue weighted by Gasteiger charge is 2.09. The Morgan fingerprint density at radius 2 is 1.75 bits per heavy atom. The van der Waals surface area contributed by atoms with E-state index in [0.717, 1.165) is 0 Å². The van der Waals surface area contributed by atoms with Crippen molar-refractivity contribution in [2.45, 2.75) is 6.42 Å². The Bertz CT molecular complexity index is 794. The smallest absolute Gasteiger partial charge is 0.249 e. The maximum absolute atomic E-state index is 11.8. The first-order valence-electron chi connectivity index (χ1n) is 6.76. The Morgan fingerprint density at radius 3 is 2.46 bits per heavy atom. The molecule has 2 amide bonds. The molecule has 0 radical (unpaired) electrons. The van der Waals surface area contributed by atoms with E-state index in [4.69, 9.17) is 34.8 Å². The van der Waals surface area contributed by atoms with Crippen LogP contribution in [-0.4, -0.2) is 18.0 Å². The second kappa shape index (κ2) is 8.68. The van der Waals surface area contributed by atoms with E-state index in [1.54, 1.807) is 42.5 Å². The summed E-state index contributed by atoms with van der Waals surface area (Å²) in [4.78, 5) is 23.4. The molecule has 0 aliphatic rings. The molecule has 0 heterocycles. The molecule has 0 saturated heterocycles. The summed E-state index contributed by atoms with van der Waals surface area (Å²) in [6.45, 7) is 0. The lowest BCUT2D eigenvalue weighted by Crippen LogP contribution is -2.24. The van der Waals surface area contributed by atoms with Gasteiger partial charge in [-0.05, 0) is 30.3 Å². The summed E-state index contributed by atoms with van der Waals surface area (Å²) in [5.74, 6) is -1.04. The molecule has 0 bridgehead atoms. The first-order chi connectivity index (χ1) is 11.4. The van der Waals surface area contributed by atoms with Gasteiger partial charge in [-0.15, -0.1) is 0 Å². The summed E-state index contributed by atoms with van der Waals surface area (Å²) in [5, 5.41) is 7.71. The Labute approximate surface area is 153 Å². The topological polar surface area (TPSA) is 70.6 Å². The molecule has 0 atom stereocenters. The summed E-state index contributed by atoms with van der Waals surface area (Å²) < 4.78 is 0. The van der Waals surface area contributed by atoms with Crippen LogP contribution in [0, 0.1) is 0 Å². The largest absolute Gasteiger partial charge is 0.326 e. The third kappa shape index (κ3) is 5.85. The van der Waals surface area contributed by atoms with Crippen molar-refractivity contribution in [3.8, 4) is 0 Å². The van der Waals surface area contributed by atoms with Gasteiger partial charge in [0.05, 0.1) is 11.2 Å². The van der Waals surface area contributed by atoms with Gasteiger partial charge in [0.2, 0.25) is 11.8 Å². The van der Waals surface area contributed by atoms with Gasteiger partial charge >= 0.3 is 0 Å². The van der Waals surface area contributed by atoms with Crippen LogP contribution < -0.4 is 10.7 Å². The van der Waals surface area contributed by atoms with Crippen LogP contribution in [0.15, 0.2) is 47.6 Å². The molecule has 0 aliphatic heterocycles. The van der Waals surface area contributed by atoms with Crippen LogP contribution in [0.5, 0.6) is 0 Å². The molecule has 2 N–H and O–H groups in total. The number of amides is 2. The van der Waals surface area contributed by atoms with Gasteiger partial charge in [0.1, 0.15) is 6.42 Å². The van der Waals surface area contributed by atoms with E-state index in [2.05, 4.69) is 15.8 Å². The number of carbonyl (C=O) groups is 2. The van der Waals surface area contributed by atoms with E-state index in [-0.39, 0.29) is 6.42 Å². The number of hydrogen-bond acceptors (Lipinski definition) is 3. The first-order valence-corrected chi connectivity index (χ1v) is 7.90. The van der Waals surface area contributed by atoms with Crippen LogP contribution in [0.2, 0.25) is 15.1 Å². The second-order valence-electron chi connectivity index (χ2n) is 4.69. The number of halogens is 3. The Morgan fingerprint density at radius 1 is 1.00 bits per heavy atom. The number of hydrazone groups is 1. The van der Waals surface area contributed by atoms with Crippen LogP contribution in [0.4, 0.5) is 5.69 Å². The van der Waals surface area contributed by atoms with Crippen molar-refractivity contribution in [1.29, 1.82) is 0 Å². The van der Waals surface area contributed by atoms with E-state index < -0.39 is 11.8 Å². The number of nitrogens with one attached hydrogen (secondary N) is 2. The van der Waals surface area contributed by atoms with E-state index in [0.29, 0.717) is 26.3 Å². The molecule has 5 nitrogen and oxygen atoms in total. The van der Waals surface area contributed by atoms with Crippen LogP contribution in [0.3, 0.4) is 0 Å². The zero-order chi connectivity index (χ0) is 17.5. The number of rotatable bonds is 5. The van der Waals surface area contributed by atoms with Gasteiger partial charge in [-0.2, -0.15) is 5.10 Å². The minimum atomic E-state index is -0.559. The normalized spacial score (nSPS) is 10.6. The van der Waals surface area contributed by atoms with Crippen LogP contribution in [-0.2, 0) is 9.59 Å². The average molecular weight is 385 g/mol. The summed E-state index contributed by atoms with van der Waals surface area (Å²) in [5.41, 5.74) is 3.35. The van der Waals surface area contributed by atoms with Crippen molar-refractivity contribution in [1.82, 2.24) is 5.43 Å². The van der Waals surface area contributed by atoms with Gasteiger partial charge in [-0.25, -0.2) is 5.43 Å². The molecule has 0 unspecified atom stereocenters. The maximum Gasteiger partial charge on any atom is 0.249 e. The lowest BCUT2D eigenvalue weighted by Gasteiger charge is -2.04. The fourth-order valence-corrected chi connectivity index (χ4v) is 2.38. The molecule has 2 rings (SSSR count). The van der Waals surface area contributed by atoms with E-state index >= 15 is 0 Å². The average Bonchev–Trinajstić information content (AvgIpc) is 2.49. The zero-order valence-electron chi connectivity index (χ0n) is 12.2. The molecule has 0 aromatic heterocycles. The number of carbonyl (C=O) groups excluding carboxylic acids is 2. The van der Waals surface area contributed by atoms with Crippen LogP contribution in [0.25, 0.3) is 0 Å². The summed E-state index contributed by atoms with van der Waals surface area (Å²) in [6.07, 6.45) is 0.990. The quantitative estimate of drug-likeness (QED) is 0.462. The van der Waals surface area contributed by atoms with Crippen molar-refractivity contribution >= 4 is 58.5 Å². The van der Waals surface area contributed by atoms with Gasteiger partial charge in [0, 0.05) is 21.3 Å². The highest BCUT2D eigenvalue weighted by molar-refractivity contribution is 6.36.